The molecule has 0 radical (unpaired) electrons. The Morgan fingerprint density at radius 3 is 2.69 bits per heavy atom. The van der Waals surface area contributed by atoms with Crippen molar-refractivity contribution in [1.29, 1.82) is 0 Å². The average molecular weight is 222 g/mol. The summed E-state index contributed by atoms with van der Waals surface area (Å²) in [7, 11) is 1.82. The zero-order chi connectivity index (χ0) is 11.5. The number of piperidine rings is 1. The van der Waals surface area contributed by atoms with Gasteiger partial charge in [-0.15, -0.1) is 0 Å². The van der Waals surface area contributed by atoms with Crippen LogP contribution < -0.4 is 10.2 Å². The highest BCUT2D eigenvalue weighted by Gasteiger charge is 2.18. The molecule has 0 unspecified atom stereocenters. The van der Waals surface area contributed by atoms with Gasteiger partial charge in [0.2, 0.25) is 5.95 Å². The van der Waals surface area contributed by atoms with Crippen LogP contribution in [-0.2, 0) is 0 Å². The first-order valence-electron chi connectivity index (χ1n) is 5.65. The van der Waals surface area contributed by atoms with E-state index in [2.05, 4.69) is 20.2 Å². The molecule has 5 nitrogen and oxygen atoms in total. The molecule has 0 spiro atoms. The van der Waals surface area contributed by atoms with E-state index < -0.39 is 0 Å². The Bertz CT molecular complexity index is 361. The number of aliphatic hydroxyl groups excluding tert-OH is 1. The molecule has 1 aliphatic heterocycles. The molecule has 1 fully saturated rings. The topological polar surface area (TPSA) is 61.3 Å². The monoisotopic (exact) mass is 222 g/mol. The molecule has 1 aromatic rings. The van der Waals surface area contributed by atoms with Crippen LogP contribution >= 0.6 is 0 Å². The molecule has 1 saturated heterocycles. The van der Waals surface area contributed by atoms with Gasteiger partial charge in [0.15, 0.2) is 0 Å². The summed E-state index contributed by atoms with van der Waals surface area (Å²) in [6, 6.07) is 1.98. The maximum absolute atomic E-state index is 9.46. The molecule has 5 heteroatoms. The van der Waals surface area contributed by atoms with Gasteiger partial charge in [0, 0.05) is 31.9 Å². The Hall–Kier alpha value is -1.36. The smallest absolute Gasteiger partial charge is 0.224 e. The fourth-order valence-corrected chi connectivity index (χ4v) is 1.92. The summed E-state index contributed by atoms with van der Waals surface area (Å²) >= 11 is 0. The summed E-state index contributed by atoms with van der Waals surface area (Å²) in [6.07, 6.45) is 1.48. The molecule has 1 aromatic heterocycles. The van der Waals surface area contributed by atoms with Gasteiger partial charge in [-0.25, -0.2) is 4.98 Å². The first kappa shape index (κ1) is 11.1. The first-order chi connectivity index (χ1) is 7.69. The van der Waals surface area contributed by atoms with Crippen LogP contribution in [-0.4, -0.2) is 41.3 Å². The maximum atomic E-state index is 9.46. The summed E-state index contributed by atoms with van der Waals surface area (Å²) < 4.78 is 0. The first-order valence-corrected chi connectivity index (χ1v) is 5.65. The zero-order valence-corrected chi connectivity index (χ0v) is 9.77. The van der Waals surface area contributed by atoms with Gasteiger partial charge in [0.25, 0.3) is 0 Å². The molecule has 1 aliphatic rings. The van der Waals surface area contributed by atoms with Gasteiger partial charge in [0.05, 0.1) is 6.10 Å². The van der Waals surface area contributed by atoms with Crippen LogP contribution in [0.15, 0.2) is 6.07 Å². The highest BCUT2D eigenvalue weighted by Crippen LogP contribution is 2.19. The third-order valence-electron chi connectivity index (χ3n) is 2.85. The Balaban J connectivity index is 2.16. The zero-order valence-electron chi connectivity index (χ0n) is 9.77. The van der Waals surface area contributed by atoms with E-state index in [-0.39, 0.29) is 6.10 Å². The van der Waals surface area contributed by atoms with Gasteiger partial charge in [-0.3, -0.25) is 0 Å². The third kappa shape index (κ3) is 2.41. The number of nitrogens with one attached hydrogen (secondary N) is 1. The van der Waals surface area contributed by atoms with E-state index in [9.17, 15) is 5.11 Å². The van der Waals surface area contributed by atoms with Crippen molar-refractivity contribution in [3.8, 4) is 0 Å². The molecular weight excluding hydrogens is 204 g/mol. The largest absolute Gasteiger partial charge is 0.393 e. The maximum Gasteiger partial charge on any atom is 0.224 e. The fourth-order valence-electron chi connectivity index (χ4n) is 1.92. The summed E-state index contributed by atoms with van der Waals surface area (Å²) in [5, 5.41) is 12.4. The van der Waals surface area contributed by atoms with Gasteiger partial charge < -0.3 is 15.3 Å². The van der Waals surface area contributed by atoms with Crippen LogP contribution in [0.5, 0.6) is 0 Å². The predicted octanol–water partition coefficient (Wildman–Crippen LogP) is 0.788. The van der Waals surface area contributed by atoms with Crippen LogP contribution in [0.2, 0.25) is 0 Å². The Labute approximate surface area is 95.5 Å². The number of hydrogen-bond acceptors (Lipinski definition) is 5. The molecule has 0 saturated carbocycles. The van der Waals surface area contributed by atoms with Crippen LogP contribution in [0.1, 0.15) is 18.5 Å². The van der Waals surface area contributed by atoms with E-state index in [4.69, 9.17) is 0 Å². The summed E-state index contributed by atoms with van der Waals surface area (Å²) in [5.41, 5.74) is 0.959. The van der Waals surface area contributed by atoms with Crippen molar-refractivity contribution in [1.82, 2.24) is 9.97 Å². The number of aliphatic hydroxyl groups is 1. The van der Waals surface area contributed by atoms with E-state index in [0.29, 0.717) is 5.95 Å². The highest BCUT2D eigenvalue weighted by molar-refractivity contribution is 5.44. The third-order valence-corrected chi connectivity index (χ3v) is 2.85. The lowest BCUT2D eigenvalue weighted by Crippen LogP contribution is -2.36. The highest BCUT2D eigenvalue weighted by atomic mass is 16.3. The Kier molecular flexibility index (Phi) is 3.24. The molecule has 0 aromatic carbocycles. The molecular formula is C11H18N4O. The second kappa shape index (κ2) is 4.65. The van der Waals surface area contributed by atoms with E-state index in [0.717, 1.165) is 37.4 Å². The second-order valence-corrected chi connectivity index (χ2v) is 4.16. The Morgan fingerprint density at radius 1 is 1.38 bits per heavy atom. The van der Waals surface area contributed by atoms with Crippen LogP contribution in [0, 0.1) is 6.92 Å². The van der Waals surface area contributed by atoms with Crippen LogP contribution in [0.3, 0.4) is 0 Å². The molecule has 16 heavy (non-hydrogen) atoms. The summed E-state index contributed by atoms with van der Waals surface area (Å²) in [5.74, 6) is 1.60. The van der Waals surface area contributed by atoms with E-state index in [1.54, 1.807) is 0 Å². The predicted molar refractivity (Wildman–Crippen MR) is 63.8 cm³/mol. The quantitative estimate of drug-likeness (QED) is 0.774. The average Bonchev–Trinajstić information content (AvgIpc) is 2.29. The second-order valence-electron chi connectivity index (χ2n) is 4.16. The minimum Gasteiger partial charge on any atom is -0.393 e. The van der Waals surface area contributed by atoms with Crippen molar-refractivity contribution in [2.75, 3.05) is 30.4 Å². The normalized spacial score (nSPS) is 17.6. The summed E-state index contributed by atoms with van der Waals surface area (Å²) in [4.78, 5) is 10.9. The molecule has 0 amide bonds. The van der Waals surface area contributed by atoms with Crippen LogP contribution in [0.4, 0.5) is 11.8 Å². The summed E-state index contributed by atoms with van der Waals surface area (Å²) in [6.45, 7) is 3.69. The van der Waals surface area contributed by atoms with Gasteiger partial charge >= 0.3 is 0 Å². The van der Waals surface area contributed by atoms with Crippen LogP contribution in [0.25, 0.3) is 0 Å². The van der Waals surface area contributed by atoms with E-state index in [1.807, 2.05) is 20.0 Å². The lowest BCUT2D eigenvalue weighted by Gasteiger charge is -2.30. The molecule has 0 aliphatic carbocycles. The Morgan fingerprint density at radius 2 is 2.06 bits per heavy atom. The van der Waals surface area contributed by atoms with Crippen molar-refractivity contribution in [2.45, 2.75) is 25.9 Å². The van der Waals surface area contributed by atoms with E-state index >= 15 is 0 Å². The molecule has 2 rings (SSSR count). The lowest BCUT2D eigenvalue weighted by atomic mass is 10.1. The number of aryl methyl sites for hydroxylation is 1. The molecule has 88 valence electrons. The molecule has 2 N–H and O–H groups in total. The fraction of sp³-hybridized carbons (Fsp3) is 0.636. The number of nitrogens with zero attached hydrogens (tertiary/aromatic N) is 3. The van der Waals surface area contributed by atoms with Crippen molar-refractivity contribution >= 4 is 11.8 Å². The van der Waals surface area contributed by atoms with Crippen molar-refractivity contribution in [3.63, 3.8) is 0 Å². The number of rotatable bonds is 2. The van der Waals surface area contributed by atoms with Gasteiger partial charge in [-0.2, -0.15) is 4.98 Å². The SMILES string of the molecule is CNc1nc(C)cc(N2CCC(O)CC2)n1. The van der Waals surface area contributed by atoms with Crippen molar-refractivity contribution < 1.29 is 5.11 Å². The molecule has 0 atom stereocenters. The van der Waals surface area contributed by atoms with Crippen molar-refractivity contribution in [3.05, 3.63) is 11.8 Å². The lowest BCUT2D eigenvalue weighted by molar-refractivity contribution is 0.145. The number of aromatic nitrogens is 2. The number of anilines is 2. The van der Waals surface area contributed by atoms with Crippen molar-refractivity contribution in [2.24, 2.45) is 0 Å². The minimum atomic E-state index is -0.150. The molecule has 0 bridgehead atoms. The van der Waals surface area contributed by atoms with Gasteiger partial charge in [0.1, 0.15) is 5.82 Å². The standard InChI is InChI=1S/C11H18N4O/c1-8-7-10(14-11(12-2)13-8)15-5-3-9(16)4-6-15/h7,9,16H,3-6H2,1-2H3,(H,12,13,14). The van der Waals surface area contributed by atoms with Gasteiger partial charge in [-0.05, 0) is 19.8 Å². The van der Waals surface area contributed by atoms with E-state index in [1.165, 1.54) is 0 Å². The minimum absolute atomic E-state index is 0.150. The number of hydrogen-bond donors (Lipinski definition) is 2. The molecule has 2 heterocycles. The van der Waals surface area contributed by atoms with Gasteiger partial charge in [-0.1, -0.05) is 0 Å².